The maximum absolute atomic E-state index is 13.7. The van der Waals surface area contributed by atoms with E-state index in [1.807, 2.05) is 0 Å². The van der Waals surface area contributed by atoms with Crippen LogP contribution in [0.5, 0.6) is 0 Å². The lowest BCUT2D eigenvalue weighted by molar-refractivity contribution is -0.192. The minimum Gasteiger partial charge on any atom is -0.368 e. The number of rotatable bonds is 7. The van der Waals surface area contributed by atoms with Crippen molar-refractivity contribution in [1.29, 1.82) is 0 Å². The Morgan fingerprint density at radius 3 is 2.57 bits per heavy atom. The largest absolute Gasteiger partial charge is 0.405 e. The fourth-order valence-corrected chi connectivity index (χ4v) is 6.64. The maximum atomic E-state index is 13.7. The summed E-state index contributed by atoms with van der Waals surface area (Å²) in [5.74, 6) is -0.459. The second-order valence-electron chi connectivity index (χ2n) is 10.8. The smallest absolute Gasteiger partial charge is 0.368 e. The van der Waals surface area contributed by atoms with E-state index in [0.717, 1.165) is 0 Å². The molecule has 2 bridgehead atoms. The van der Waals surface area contributed by atoms with Gasteiger partial charge in [-0.05, 0) is 32.1 Å². The highest BCUT2D eigenvalue weighted by Gasteiger charge is 2.72. The van der Waals surface area contributed by atoms with Crippen molar-refractivity contribution in [2.75, 3.05) is 20.2 Å². The van der Waals surface area contributed by atoms with E-state index in [1.54, 1.807) is 4.90 Å². The van der Waals surface area contributed by atoms with Crippen LogP contribution in [0.4, 0.5) is 17.6 Å². The van der Waals surface area contributed by atoms with Crippen molar-refractivity contribution >= 4 is 23.4 Å². The summed E-state index contributed by atoms with van der Waals surface area (Å²) in [6.45, 7) is 0.344. The molecule has 0 aromatic heterocycles. The summed E-state index contributed by atoms with van der Waals surface area (Å²) in [6.07, 6.45) is -4.03. The van der Waals surface area contributed by atoms with Crippen molar-refractivity contribution < 1.29 is 36.6 Å². The number of carbonyl (C=O) groups excluding carboxylic acids is 2. The molecule has 13 heteroatoms. The van der Waals surface area contributed by atoms with Crippen LogP contribution in [0.15, 0.2) is 0 Å². The zero-order chi connectivity index (χ0) is 25.2. The second kappa shape index (κ2) is 8.97. The van der Waals surface area contributed by atoms with Gasteiger partial charge in [0.1, 0.15) is 31.2 Å². The van der Waals surface area contributed by atoms with Crippen molar-refractivity contribution in [2.45, 2.75) is 105 Å². The van der Waals surface area contributed by atoms with Gasteiger partial charge in [-0.1, -0.05) is 0 Å². The predicted molar refractivity (Wildman–Crippen MR) is 116 cm³/mol. The third kappa shape index (κ3) is 4.76. The third-order valence-electron chi connectivity index (χ3n) is 8.18. The number of hydrogen-bond acceptors (Lipinski definition) is 6. The van der Waals surface area contributed by atoms with Crippen LogP contribution < -0.4 is 10.7 Å². The van der Waals surface area contributed by atoms with Gasteiger partial charge in [0.15, 0.2) is 0 Å². The number of nitrogens with zero attached hydrogens (tertiary/aromatic N) is 2. The number of hydrogen-bond donors (Lipinski definition) is 2. The van der Waals surface area contributed by atoms with Crippen LogP contribution in [0.3, 0.4) is 0 Å². The Morgan fingerprint density at radius 1 is 1.23 bits per heavy atom. The first-order valence-electron chi connectivity index (χ1n) is 12.1. The number of likely N-dealkylation sites (tertiary alicyclic amines) is 1. The van der Waals surface area contributed by atoms with Crippen molar-refractivity contribution in [3.63, 3.8) is 0 Å². The van der Waals surface area contributed by atoms with Gasteiger partial charge in [-0.3, -0.25) is 9.59 Å². The van der Waals surface area contributed by atoms with Gasteiger partial charge >= 0.3 is 6.18 Å². The standard InChI is InChI=1S/C22H31ClF4N4O4/c1-30-18(7-16(29-30)22(25,26)27)35-15-4-5-31(19(15)33)21-9-20(10-21,11-21)28-17(32)8-34-12-2-3-13(23)14(24)6-12/h12-16,18,29H,2-11H2,1H3,(H,28,32). The zero-order valence-electron chi connectivity index (χ0n) is 19.5. The zero-order valence-corrected chi connectivity index (χ0v) is 20.2. The molecule has 8 nitrogen and oxygen atoms in total. The predicted octanol–water partition coefficient (Wildman–Crippen LogP) is 2.01. The Kier molecular flexibility index (Phi) is 6.52. The summed E-state index contributed by atoms with van der Waals surface area (Å²) in [5.41, 5.74) is 1.67. The molecular weight excluding hydrogens is 496 g/mol. The topological polar surface area (TPSA) is 83.1 Å². The van der Waals surface area contributed by atoms with E-state index in [9.17, 15) is 27.2 Å². The molecule has 6 atom stereocenters. The molecule has 0 aromatic rings. The number of alkyl halides is 5. The van der Waals surface area contributed by atoms with Crippen LogP contribution in [0.25, 0.3) is 0 Å². The first-order valence-corrected chi connectivity index (χ1v) is 12.6. The minimum absolute atomic E-state index is 0.139. The summed E-state index contributed by atoms with van der Waals surface area (Å²) in [4.78, 5) is 27.1. The number of ether oxygens (including phenoxy) is 2. The average molecular weight is 527 g/mol. The molecule has 0 spiro atoms. The van der Waals surface area contributed by atoms with Crippen LogP contribution >= 0.6 is 11.6 Å². The highest BCUT2D eigenvalue weighted by Crippen LogP contribution is 2.64. The molecule has 6 rings (SSSR count). The van der Waals surface area contributed by atoms with Crippen molar-refractivity contribution in [3.8, 4) is 0 Å². The molecule has 2 aliphatic heterocycles. The monoisotopic (exact) mass is 526 g/mol. The van der Waals surface area contributed by atoms with Crippen LogP contribution in [0, 0.1) is 0 Å². The van der Waals surface area contributed by atoms with E-state index in [-0.39, 0.29) is 48.4 Å². The fourth-order valence-electron chi connectivity index (χ4n) is 6.41. The van der Waals surface area contributed by atoms with E-state index in [0.29, 0.717) is 45.1 Å². The van der Waals surface area contributed by atoms with E-state index in [1.165, 1.54) is 12.1 Å². The number of hydrazine groups is 1. The van der Waals surface area contributed by atoms with Crippen LogP contribution in [-0.4, -0.2) is 95.2 Å². The first kappa shape index (κ1) is 25.4. The Morgan fingerprint density at radius 2 is 1.94 bits per heavy atom. The SMILES string of the molecule is CN1NC(C(F)(F)F)CC1OC1CCN(C23CC(NC(=O)COC4CCC(Cl)C(F)C4)(C2)C3)C1=O. The van der Waals surface area contributed by atoms with Gasteiger partial charge in [0.05, 0.1) is 11.5 Å². The molecule has 2 N–H and O–H groups in total. The molecular formula is C22H31ClF4N4O4. The normalized spacial score (nSPS) is 43.7. The molecule has 6 aliphatic rings. The highest BCUT2D eigenvalue weighted by molar-refractivity contribution is 6.21. The lowest BCUT2D eigenvalue weighted by Gasteiger charge is -2.73. The summed E-state index contributed by atoms with van der Waals surface area (Å²) in [7, 11) is 1.48. The van der Waals surface area contributed by atoms with E-state index >= 15 is 0 Å². The lowest BCUT2D eigenvalue weighted by Crippen LogP contribution is -2.84. The Bertz CT molecular complexity index is 844. The van der Waals surface area contributed by atoms with Crippen molar-refractivity contribution in [3.05, 3.63) is 0 Å². The molecule has 4 saturated carbocycles. The van der Waals surface area contributed by atoms with Crippen molar-refractivity contribution in [1.82, 2.24) is 20.7 Å². The molecule has 4 aliphatic carbocycles. The van der Waals surface area contributed by atoms with Gasteiger partial charge in [0.2, 0.25) is 5.91 Å². The van der Waals surface area contributed by atoms with Gasteiger partial charge in [0, 0.05) is 43.9 Å². The maximum Gasteiger partial charge on any atom is 0.405 e. The highest BCUT2D eigenvalue weighted by atomic mass is 35.5. The van der Waals surface area contributed by atoms with E-state index in [4.69, 9.17) is 21.1 Å². The molecule has 2 amide bonds. The molecule has 6 fully saturated rings. The molecule has 0 aromatic carbocycles. The number of carbonyl (C=O) groups is 2. The van der Waals surface area contributed by atoms with E-state index in [2.05, 4.69) is 10.7 Å². The van der Waals surface area contributed by atoms with Gasteiger partial charge in [-0.25, -0.2) is 14.8 Å². The van der Waals surface area contributed by atoms with Gasteiger partial charge in [-0.2, -0.15) is 13.2 Å². The van der Waals surface area contributed by atoms with Gasteiger partial charge in [0.25, 0.3) is 5.91 Å². The number of halogens is 5. The summed E-state index contributed by atoms with van der Waals surface area (Å²) in [5, 5.41) is 3.78. The molecule has 0 radical (unpaired) electrons. The molecule has 6 unspecified atom stereocenters. The average Bonchev–Trinajstić information content (AvgIpc) is 3.28. The number of nitrogens with one attached hydrogen (secondary N) is 2. The van der Waals surface area contributed by atoms with E-state index < -0.39 is 36.1 Å². The summed E-state index contributed by atoms with van der Waals surface area (Å²) in [6, 6.07) is -1.69. The van der Waals surface area contributed by atoms with Crippen LogP contribution in [0.2, 0.25) is 0 Å². The number of amides is 2. The lowest BCUT2D eigenvalue weighted by atomic mass is 9.43. The van der Waals surface area contributed by atoms with Crippen LogP contribution in [-0.2, 0) is 19.1 Å². The third-order valence-corrected chi connectivity index (χ3v) is 8.67. The fraction of sp³-hybridized carbons (Fsp3) is 0.909. The van der Waals surface area contributed by atoms with Crippen molar-refractivity contribution in [2.24, 2.45) is 0 Å². The summed E-state index contributed by atoms with van der Waals surface area (Å²) < 4.78 is 64.1. The Balaban J connectivity index is 1.06. The quantitative estimate of drug-likeness (QED) is 0.390. The van der Waals surface area contributed by atoms with Gasteiger partial charge < -0.3 is 19.7 Å². The first-order chi connectivity index (χ1) is 16.4. The molecule has 35 heavy (non-hydrogen) atoms. The summed E-state index contributed by atoms with van der Waals surface area (Å²) >= 11 is 5.88. The Labute approximate surface area is 205 Å². The Hall–Kier alpha value is -1.21. The molecule has 198 valence electrons. The molecule has 2 saturated heterocycles. The minimum atomic E-state index is -4.38. The second-order valence-corrected chi connectivity index (χ2v) is 11.3. The van der Waals surface area contributed by atoms with Gasteiger partial charge in [-0.15, -0.1) is 11.6 Å². The molecule has 2 heterocycles. The van der Waals surface area contributed by atoms with Crippen LogP contribution in [0.1, 0.15) is 51.4 Å².